The van der Waals surface area contributed by atoms with E-state index in [9.17, 15) is 0 Å². The second-order valence-corrected chi connectivity index (χ2v) is 13.0. The molecule has 0 spiro atoms. The average Bonchev–Trinajstić information content (AvgIpc) is 3.70. The first-order valence-corrected chi connectivity index (χ1v) is 17.2. The third kappa shape index (κ3) is 4.65. The molecule has 2 atom stereocenters. The molecular weight excluding hydrogens is 613 g/mol. The van der Waals surface area contributed by atoms with Gasteiger partial charge in [0, 0.05) is 51.1 Å². The first kappa shape index (κ1) is 28.6. The van der Waals surface area contributed by atoms with E-state index in [1.54, 1.807) is 0 Å². The number of para-hydroxylation sites is 2. The first-order chi connectivity index (χ1) is 24.8. The maximum absolute atomic E-state index is 5.12. The Labute approximate surface area is 289 Å². The highest BCUT2D eigenvalue weighted by Gasteiger charge is 2.26. The van der Waals surface area contributed by atoms with Gasteiger partial charge in [-0.15, -0.1) is 0 Å². The van der Waals surface area contributed by atoms with E-state index in [0.29, 0.717) is 0 Å². The molecule has 0 fully saturated rings. The van der Waals surface area contributed by atoms with Gasteiger partial charge >= 0.3 is 0 Å². The number of hydrogen-bond acceptors (Lipinski definition) is 4. The minimum absolute atomic E-state index is 0.159. The maximum Gasteiger partial charge on any atom is 0.131 e. The summed E-state index contributed by atoms with van der Waals surface area (Å²) in [5, 5.41) is 17.1. The number of benzene rings is 6. The highest BCUT2D eigenvalue weighted by Crippen LogP contribution is 2.35. The van der Waals surface area contributed by atoms with Gasteiger partial charge in [0.15, 0.2) is 0 Å². The second kappa shape index (κ2) is 11.7. The summed E-state index contributed by atoms with van der Waals surface area (Å²) >= 11 is 0. The van der Waals surface area contributed by atoms with Gasteiger partial charge in [-0.3, -0.25) is 5.32 Å². The molecule has 2 unspecified atom stereocenters. The second-order valence-electron chi connectivity index (χ2n) is 13.0. The van der Waals surface area contributed by atoms with Gasteiger partial charge < -0.3 is 19.8 Å². The SMILES string of the molecule is C1=c2c(n(-c3ccccc3)c3cc4c(cc23)c2ccccc2n4-c2cccc(C3NC(c4ccccc4)=NC(c4ccccc4)N3)c2)=CCN1. The van der Waals surface area contributed by atoms with Gasteiger partial charge in [-0.2, -0.15) is 0 Å². The summed E-state index contributed by atoms with van der Waals surface area (Å²) in [5.74, 6) is 0.876. The van der Waals surface area contributed by atoms with Crippen molar-refractivity contribution in [1.29, 1.82) is 0 Å². The molecule has 3 N–H and O–H groups in total. The lowest BCUT2D eigenvalue weighted by Gasteiger charge is -2.32. The average molecular weight is 647 g/mol. The van der Waals surface area contributed by atoms with Crippen molar-refractivity contribution in [3.05, 3.63) is 179 Å². The van der Waals surface area contributed by atoms with E-state index in [0.717, 1.165) is 40.4 Å². The Morgan fingerprint density at radius 1 is 0.560 bits per heavy atom. The van der Waals surface area contributed by atoms with E-state index in [2.05, 4.69) is 177 Å². The molecule has 2 aromatic heterocycles. The van der Waals surface area contributed by atoms with Crippen LogP contribution in [0.2, 0.25) is 0 Å². The smallest absolute Gasteiger partial charge is 0.131 e. The number of nitrogens with zero attached hydrogens (tertiary/aromatic N) is 3. The van der Waals surface area contributed by atoms with E-state index < -0.39 is 0 Å². The topological polar surface area (TPSA) is 58.3 Å². The summed E-state index contributed by atoms with van der Waals surface area (Å²) in [6.45, 7) is 0.808. The fourth-order valence-corrected chi connectivity index (χ4v) is 7.72. The Kier molecular flexibility index (Phi) is 6.67. The van der Waals surface area contributed by atoms with Crippen molar-refractivity contribution in [3.63, 3.8) is 0 Å². The minimum atomic E-state index is -0.192. The van der Waals surface area contributed by atoms with Gasteiger partial charge in [0.25, 0.3) is 0 Å². The molecule has 10 rings (SSSR count). The Bertz CT molecular complexity index is 2710. The monoisotopic (exact) mass is 646 g/mol. The summed E-state index contributed by atoms with van der Waals surface area (Å²) in [4.78, 5) is 5.12. The fraction of sp³-hybridized carbons (Fsp3) is 0.0682. The zero-order valence-electron chi connectivity index (χ0n) is 27.3. The highest BCUT2D eigenvalue weighted by molar-refractivity contribution is 6.13. The Morgan fingerprint density at radius 2 is 1.26 bits per heavy atom. The molecule has 0 radical (unpaired) electrons. The van der Waals surface area contributed by atoms with Crippen molar-refractivity contribution in [2.45, 2.75) is 12.3 Å². The lowest BCUT2D eigenvalue weighted by molar-refractivity contribution is 0.409. The minimum Gasteiger partial charge on any atom is -0.387 e. The molecule has 0 amide bonds. The maximum atomic E-state index is 5.12. The molecular formula is C44H34N6. The van der Waals surface area contributed by atoms with E-state index in [-0.39, 0.29) is 12.3 Å². The van der Waals surface area contributed by atoms with Crippen LogP contribution in [0.15, 0.2) is 157 Å². The molecule has 2 aliphatic rings. The summed E-state index contributed by atoms with van der Waals surface area (Å²) in [6.07, 6.45) is 4.12. The lowest BCUT2D eigenvalue weighted by Crippen LogP contribution is -2.45. The lowest BCUT2D eigenvalue weighted by atomic mass is 10.1. The zero-order chi connectivity index (χ0) is 33.0. The van der Waals surface area contributed by atoms with Crippen LogP contribution < -0.4 is 26.5 Å². The molecule has 6 nitrogen and oxygen atoms in total. The highest BCUT2D eigenvalue weighted by atomic mass is 15.3. The number of amidine groups is 1. The third-order valence-corrected chi connectivity index (χ3v) is 10.0. The van der Waals surface area contributed by atoms with Crippen LogP contribution in [-0.2, 0) is 0 Å². The van der Waals surface area contributed by atoms with E-state index in [4.69, 9.17) is 4.99 Å². The van der Waals surface area contributed by atoms with Crippen molar-refractivity contribution in [3.8, 4) is 11.4 Å². The van der Waals surface area contributed by atoms with Crippen LogP contribution in [0.4, 0.5) is 0 Å². The Balaban J connectivity index is 1.16. The van der Waals surface area contributed by atoms with Crippen LogP contribution in [0.25, 0.3) is 56.4 Å². The summed E-state index contributed by atoms with van der Waals surface area (Å²) in [5.41, 5.74) is 9.15. The predicted molar refractivity (Wildman–Crippen MR) is 205 cm³/mol. The number of rotatable bonds is 5. The van der Waals surface area contributed by atoms with Crippen LogP contribution in [0.3, 0.4) is 0 Å². The number of fused-ring (bicyclic) bond motifs is 6. The number of nitrogens with one attached hydrogen (secondary N) is 3. The number of hydrogen-bond donors (Lipinski definition) is 3. The van der Waals surface area contributed by atoms with Crippen molar-refractivity contribution >= 4 is 50.8 Å². The number of aromatic nitrogens is 2. The van der Waals surface area contributed by atoms with Gasteiger partial charge in [0.05, 0.1) is 21.9 Å². The molecule has 6 aromatic carbocycles. The van der Waals surface area contributed by atoms with E-state index in [1.165, 1.54) is 43.3 Å². The molecule has 8 aromatic rings. The molecule has 0 aliphatic carbocycles. The standard InChI is InChI=1S/C44H34N6/c1-4-13-29(14-5-1)42-46-43(30-15-6-2-7-16-30)48-44(47-42)31-17-12-20-33(25-31)50-38-22-11-10-21-34(38)35-26-36-37-28-45-24-23-39(37)49(41(36)27-40(35)50)32-18-8-3-9-19-32/h1-23,25-28,42,44-45,47H,24H2,(H,46,48). The molecule has 240 valence electrons. The number of aliphatic imine (C=N–C) groups is 1. The largest absolute Gasteiger partial charge is 0.387 e. The van der Waals surface area contributed by atoms with Gasteiger partial charge in [-0.25, -0.2) is 4.99 Å². The van der Waals surface area contributed by atoms with E-state index >= 15 is 0 Å². The van der Waals surface area contributed by atoms with Crippen LogP contribution in [0.1, 0.15) is 29.0 Å². The quantitative estimate of drug-likeness (QED) is 0.186. The van der Waals surface area contributed by atoms with Gasteiger partial charge in [0.2, 0.25) is 0 Å². The van der Waals surface area contributed by atoms with Crippen molar-refractivity contribution in [2.24, 2.45) is 4.99 Å². The van der Waals surface area contributed by atoms with Crippen molar-refractivity contribution < 1.29 is 0 Å². The van der Waals surface area contributed by atoms with E-state index in [1.807, 2.05) is 12.1 Å². The predicted octanol–water partition coefficient (Wildman–Crippen LogP) is 7.19. The summed E-state index contributed by atoms with van der Waals surface area (Å²) < 4.78 is 4.83. The van der Waals surface area contributed by atoms with Gasteiger partial charge in [-0.05, 0) is 59.7 Å². The summed E-state index contributed by atoms with van der Waals surface area (Å²) in [6, 6.07) is 54.0. The van der Waals surface area contributed by atoms with Gasteiger partial charge in [0.1, 0.15) is 18.2 Å². The molecule has 0 saturated heterocycles. The Hall–Kier alpha value is -6.37. The fourth-order valence-electron chi connectivity index (χ4n) is 7.72. The van der Waals surface area contributed by atoms with Crippen molar-refractivity contribution in [2.75, 3.05) is 6.54 Å². The molecule has 6 heteroatoms. The molecule has 4 heterocycles. The van der Waals surface area contributed by atoms with Crippen molar-refractivity contribution in [1.82, 2.24) is 25.1 Å². The third-order valence-electron chi connectivity index (χ3n) is 10.0. The van der Waals surface area contributed by atoms with Gasteiger partial charge in [-0.1, -0.05) is 109 Å². The Morgan fingerprint density at radius 3 is 2.10 bits per heavy atom. The summed E-state index contributed by atoms with van der Waals surface area (Å²) in [7, 11) is 0. The van der Waals surface area contributed by atoms with Crippen LogP contribution in [0, 0.1) is 0 Å². The van der Waals surface area contributed by atoms with Crippen LogP contribution >= 0.6 is 0 Å². The van der Waals surface area contributed by atoms with Crippen LogP contribution in [0.5, 0.6) is 0 Å². The van der Waals surface area contributed by atoms with Crippen LogP contribution in [-0.4, -0.2) is 21.5 Å². The zero-order valence-corrected chi connectivity index (χ0v) is 27.3. The first-order valence-electron chi connectivity index (χ1n) is 17.2. The molecule has 2 aliphatic heterocycles. The normalized spacial score (nSPS) is 17.0. The molecule has 50 heavy (non-hydrogen) atoms. The molecule has 0 bridgehead atoms. The molecule has 0 saturated carbocycles.